The van der Waals surface area contributed by atoms with Crippen LogP contribution in [0.3, 0.4) is 0 Å². The van der Waals surface area contributed by atoms with E-state index in [9.17, 15) is 20.0 Å². The van der Waals surface area contributed by atoms with Crippen LogP contribution in [0.5, 0.6) is 0 Å². The van der Waals surface area contributed by atoms with Gasteiger partial charge in [0, 0.05) is 23.7 Å². The maximum Gasteiger partial charge on any atom is 0.273 e. The van der Waals surface area contributed by atoms with Crippen molar-refractivity contribution in [3.8, 4) is 0 Å². The van der Waals surface area contributed by atoms with E-state index >= 15 is 0 Å². The number of aliphatic hydroxyl groups excluding tert-OH is 1. The average molecular weight is 314 g/mol. The summed E-state index contributed by atoms with van der Waals surface area (Å²) in [6.07, 6.45) is -0.299. The summed E-state index contributed by atoms with van der Waals surface area (Å²) in [5.74, 6) is -0.383. The van der Waals surface area contributed by atoms with E-state index in [4.69, 9.17) is 0 Å². The van der Waals surface area contributed by atoms with Gasteiger partial charge in [-0.3, -0.25) is 14.9 Å². The van der Waals surface area contributed by atoms with Gasteiger partial charge >= 0.3 is 0 Å². The van der Waals surface area contributed by atoms with Gasteiger partial charge in [-0.1, -0.05) is 36.4 Å². The molecule has 0 aliphatic carbocycles. The van der Waals surface area contributed by atoms with Gasteiger partial charge in [-0.15, -0.1) is 0 Å². The first-order valence-electron chi connectivity index (χ1n) is 7.26. The Kier molecular flexibility index (Phi) is 5.43. The molecule has 0 aliphatic heterocycles. The number of hydrogen-bond acceptors (Lipinski definition) is 4. The molecule has 0 radical (unpaired) electrons. The molecule has 0 fully saturated rings. The normalized spacial score (nSPS) is 11.7. The zero-order valence-corrected chi connectivity index (χ0v) is 12.7. The number of nitro groups is 1. The first-order chi connectivity index (χ1) is 11.0. The van der Waals surface area contributed by atoms with Crippen molar-refractivity contribution in [3.63, 3.8) is 0 Å². The maximum atomic E-state index is 12.1. The number of nitrogens with one attached hydrogen (secondary N) is 1. The highest BCUT2D eigenvalue weighted by molar-refractivity contribution is 5.96. The van der Waals surface area contributed by atoms with Crippen LogP contribution < -0.4 is 5.32 Å². The Morgan fingerprint density at radius 3 is 2.57 bits per heavy atom. The summed E-state index contributed by atoms with van der Waals surface area (Å²) in [7, 11) is 0. The molecule has 0 aliphatic rings. The van der Waals surface area contributed by atoms with E-state index in [-0.39, 0.29) is 23.7 Å². The van der Waals surface area contributed by atoms with Gasteiger partial charge in [0.1, 0.15) is 0 Å². The van der Waals surface area contributed by atoms with E-state index < -0.39 is 11.0 Å². The van der Waals surface area contributed by atoms with E-state index in [1.165, 1.54) is 12.1 Å². The summed E-state index contributed by atoms with van der Waals surface area (Å²) >= 11 is 0. The summed E-state index contributed by atoms with van der Waals surface area (Å²) < 4.78 is 0. The van der Waals surface area contributed by atoms with E-state index in [1.54, 1.807) is 13.0 Å². The fraction of sp³-hybridized carbons (Fsp3) is 0.235. The minimum atomic E-state index is -0.664. The molecule has 2 N–H and O–H groups in total. The number of benzene rings is 2. The van der Waals surface area contributed by atoms with Gasteiger partial charge in [-0.25, -0.2) is 0 Å². The second-order valence-electron chi connectivity index (χ2n) is 5.18. The van der Waals surface area contributed by atoms with Gasteiger partial charge in [-0.2, -0.15) is 0 Å². The van der Waals surface area contributed by atoms with Crippen LogP contribution in [0.25, 0.3) is 0 Å². The number of rotatable bonds is 6. The fourth-order valence-electron chi connectivity index (χ4n) is 2.33. The lowest BCUT2D eigenvalue weighted by molar-refractivity contribution is -0.385. The van der Waals surface area contributed by atoms with Gasteiger partial charge in [0.25, 0.3) is 11.6 Å². The molecule has 23 heavy (non-hydrogen) atoms. The van der Waals surface area contributed by atoms with E-state index in [1.807, 2.05) is 30.3 Å². The molecule has 120 valence electrons. The van der Waals surface area contributed by atoms with Gasteiger partial charge in [0.15, 0.2) is 0 Å². The van der Waals surface area contributed by atoms with Crippen molar-refractivity contribution in [2.75, 3.05) is 6.54 Å². The van der Waals surface area contributed by atoms with Crippen LogP contribution in [0.2, 0.25) is 0 Å². The third-order valence-corrected chi connectivity index (χ3v) is 3.63. The average Bonchev–Trinajstić information content (AvgIpc) is 2.55. The highest BCUT2D eigenvalue weighted by Gasteiger charge is 2.17. The molecule has 0 spiro atoms. The fourth-order valence-corrected chi connectivity index (χ4v) is 2.33. The van der Waals surface area contributed by atoms with Crippen molar-refractivity contribution in [1.29, 1.82) is 0 Å². The molecule has 0 aromatic heterocycles. The second kappa shape index (κ2) is 7.51. The zero-order valence-electron chi connectivity index (χ0n) is 12.7. The predicted octanol–water partition coefficient (Wildman–Crippen LogP) is 2.76. The number of carbonyl (C=O) groups excluding carboxylic acids is 1. The molecular formula is C17H18N2O4. The number of nitro benzene ring substituents is 1. The number of aliphatic hydroxyl groups is 1. The van der Waals surface area contributed by atoms with Gasteiger partial charge in [0.05, 0.1) is 11.0 Å². The molecule has 1 amide bonds. The summed E-state index contributed by atoms with van der Waals surface area (Å²) in [5.41, 5.74) is 1.31. The number of hydrogen-bond donors (Lipinski definition) is 2. The zero-order chi connectivity index (χ0) is 16.8. The highest BCUT2D eigenvalue weighted by atomic mass is 16.6. The van der Waals surface area contributed by atoms with Crippen molar-refractivity contribution < 1.29 is 14.8 Å². The topological polar surface area (TPSA) is 92.5 Å². The van der Waals surface area contributed by atoms with Crippen LogP contribution in [0.4, 0.5) is 5.69 Å². The summed E-state index contributed by atoms with van der Waals surface area (Å²) in [5, 5.41) is 23.6. The number of carbonyl (C=O) groups is 1. The van der Waals surface area contributed by atoms with Crippen molar-refractivity contribution in [2.24, 2.45) is 0 Å². The number of amides is 1. The lowest BCUT2D eigenvalue weighted by atomic mass is 10.1. The predicted molar refractivity (Wildman–Crippen MR) is 86.2 cm³/mol. The van der Waals surface area contributed by atoms with E-state index in [0.29, 0.717) is 12.0 Å². The van der Waals surface area contributed by atoms with Crippen molar-refractivity contribution in [2.45, 2.75) is 19.4 Å². The first-order valence-corrected chi connectivity index (χ1v) is 7.26. The Morgan fingerprint density at radius 2 is 1.91 bits per heavy atom. The highest BCUT2D eigenvalue weighted by Crippen LogP contribution is 2.21. The SMILES string of the molecule is Cc1c(C(=O)NCCC(O)c2ccccc2)cccc1[N+](=O)[O-]. The molecule has 2 aromatic carbocycles. The van der Waals surface area contributed by atoms with E-state index in [0.717, 1.165) is 5.56 Å². The molecule has 6 nitrogen and oxygen atoms in total. The summed E-state index contributed by atoms with van der Waals surface area (Å²) in [6.45, 7) is 1.82. The third kappa shape index (κ3) is 4.14. The van der Waals surface area contributed by atoms with Gasteiger partial charge < -0.3 is 10.4 Å². The van der Waals surface area contributed by atoms with Crippen LogP contribution in [-0.2, 0) is 0 Å². The summed E-state index contributed by atoms with van der Waals surface area (Å²) in [4.78, 5) is 22.5. The molecule has 6 heteroatoms. The molecule has 0 heterocycles. The third-order valence-electron chi connectivity index (χ3n) is 3.63. The van der Waals surface area contributed by atoms with Crippen LogP contribution in [0.1, 0.15) is 34.0 Å². The molecule has 1 atom stereocenters. The van der Waals surface area contributed by atoms with Crippen molar-refractivity contribution >= 4 is 11.6 Å². The monoisotopic (exact) mass is 314 g/mol. The Labute approximate surface area is 133 Å². The van der Waals surface area contributed by atoms with E-state index in [2.05, 4.69) is 5.32 Å². The van der Waals surface area contributed by atoms with Crippen LogP contribution in [0, 0.1) is 17.0 Å². The molecule has 2 rings (SSSR count). The van der Waals surface area contributed by atoms with Crippen LogP contribution in [-0.4, -0.2) is 22.5 Å². The first kappa shape index (κ1) is 16.6. The Balaban J connectivity index is 1.95. The lowest BCUT2D eigenvalue weighted by Gasteiger charge is -2.12. The van der Waals surface area contributed by atoms with Gasteiger partial charge in [-0.05, 0) is 25.0 Å². The lowest BCUT2D eigenvalue weighted by Crippen LogP contribution is -2.26. The Bertz CT molecular complexity index is 701. The Morgan fingerprint density at radius 1 is 1.22 bits per heavy atom. The summed E-state index contributed by atoms with van der Waals surface area (Å²) in [6, 6.07) is 13.6. The standard InChI is InChI=1S/C17H18N2O4/c1-12-14(8-5-9-15(12)19(22)23)17(21)18-11-10-16(20)13-6-3-2-4-7-13/h2-9,16,20H,10-11H2,1H3,(H,18,21). The molecule has 2 aromatic rings. The van der Waals surface area contributed by atoms with Crippen molar-refractivity contribution in [1.82, 2.24) is 5.32 Å². The maximum absolute atomic E-state index is 12.1. The molecular weight excluding hydrogens is 296 g/mol. The van der Waals surface area contributed by atoms with Crippen LogP contribution >= 0.6 is 0 Å². The second-order valence-corrected chi connectivity index (χ2v) is 5.18. The minimum Gasteiger partial charge on any atom is -0.388 e. The molecule has 0 saturated heterocycles. The molecule has 1 unspecified atom stereocenters. The quantitative estimate of drug-likeness (QED) is 0.633. The minimum absolute atomic E-state index is 0.0815. The van der Waals surface area contributed by atoms with Gasteiger partial charge in [0.2, 0.25) is 0 Å². The number of nitrogens with zero attached hydrogens (tertiary/aromatic N) is 1. The smallest absolute Gasteiger partial charge is 0.273 e. The van der Waals surface area contributed by atoms with Crippen LogP contribution in [0.15, 0.2) is 48.5 Å². The Hall–Kier alpha value is -2.73. The molecule has 0 saturated carbocycles. The van der Waals surface area contributed by atoms with Crippen molar-refractivity contribution in [3.05, 3.63) is 75.3 Å². The molecule has 0 bridgehead atoms. The largest absolute Gasteiger partial charge is 0.388 e.